The van der Waals surface area contributed by atoms with E-state index in [4.69, 9.17) is 10.4 Å². The van der Waals surface area contributed by atoms with E-state index in [2.05, 4.69) is 16.3 Å². The van der Waals surface area contributed by atoms with Crippen LogP contribution in [0.1, 0.15) is 24.8 Å². The molecule has 0 saturated carbocycles. The minimum absolute atomic E-state index is 0.00724. The molecule has 0 aromatic heterocycles. The highest BCUT2D eigenvalue weighted by Gasteiger charge is 2.25. The molecule has 1 fully saturated rings. The minimum atomic E-state index is -3.70. The minimum Gasteiger partial charge on any atom is -0.352 e. The molecule has 24 heavy (non-hydrogen) atoms. The largest absolute Gasteiger partial charge is 0.352 e. The second kappa shape index (κ2) is 8.24. The summed E-state index contributed by atoms with van der Waals surface area (Å²) in [5, 5.41) is 16.6. The van der Waals surface area contributed by atoms with Crippen LogP contribution in [0.25, 0.3) is 0 Å². The number of nitrogens with two attached hydrogens (primary N) is 1. The Morgan fingerprint density at radius 1 is 1.38 bits per heavy atom. The van der Waals surface area contributed by atoms with Crippen LogP contribution in [0.4, 0.5) is 0 Å². The van der Waals surface area contributed by atoms with Gasteiger partial charge >= 0.3 is 0 Å². The fourth-order valence-corrected chi connectivity index (χ4v) is 3.33. The predicted octanol–water partition coefficient (Wildman–Crippen LogP) is 0.576. The topological polar surface area (TPSA) is 116 Å². The Hall–Kier alpha value is -1.95. The van der Waals surface area contributed by atoms with Crippen molar-refractivity contribution < 1.29 is 13.2 Å². The number of benzene rings is 1. The van der Waals surface area contributed by atoms with Crippen molar-refractivity contribution in [2.24, 2.45) is 11.1 Å². The Labute approximate surface area is 142 Å². The Morgan fingerprint density at radius 2 is 2.08 bits per heavy atom. The van der Waals surface area contributed by atoms with Gasteiger partial charge in [-0.25, -0.2) is 13.6 Å². The normalized spacial score (nSPS) is 18.8. The number of hydrogen-bond donors (Lipinski definition) is 2. The van der Waals surface area contributed by atoms with Crippen LogP contribution in [0.3, 0.4) is 0 Å². The van der Waals surface area contributed by atoms with Gasteiger partial charge in [-0.2, -0.15) is 5.26 Å². The van der Waals surface area contributed by atoms with Crippen LogP contribution in [-0.2, 0) is 21.4 Å². The Bertz CT molecular complexity index is 710. The van der Waals surface area contributed by atoms with Gasteiger partial charge in [0.05, 0.1) is 16.9 Å². The first-order valence-corrected chi connectivity index (χ1v) is 9.43. The molecule has 0 aliphatic carbocycles. The average Bonchev–Trinajstić information content (AvgIpc) is 2.57. The van der Waals surface area contributed by atoms with Crippen molar-refractivity contribution in [1.82, 2.24) is 10.2 Å². The maximum absolute atomic E-state index is 12.3. The monoisotopic (exact) mass is 350 g/mol. The van der Waals surface area contributed by atoms with Crippen molar-refractivity contribution in [1.29, 1.82) is 5.26 Å². The molecule has 2 rings (SSSR count). The highest BCUT2D eigenvalue weighted by molar-refractivity contribution is 7.89. The number of nitriles is 1. The van der Waals surface area contributed by atoms with Crippen molar-refractivity contribution >= 4 is 15.9 Å². The second-order valence-corrected chi connectivity index (χ2v) is 7.52. The van der Waals surface area contributed by atoms with E-state index in [-0.39, 0.29) is 16.7 Å². The molecule has 0 spiro atoms. The van der Waals surface area contributed by atoms with E-state index >= 15 is 0 Å². The lowest BCUT2D eigenvalue weighted by Gasteiger charge is -2.31. The molecular weight excluding hydrogens is 328 g/mol. The van der Waals surface area contributed by atoms with E-state index in [0.29, 0.717) is 26.1 Å². The number of rotatable bonds is 6. The number of piperidine rings is 1. The number of amides is 1. The van der Waals surface area contributed by atoms with Gasteiger partial charge in [0.15, 0.2) is 0 Å². The second-order valence-electron chi connectivity index (χ2n) is 5.95. The molecule has 1 saturated heterocycles. The molecule has 130 valence electrons. The average molecular weight is 350 g/mol. The van der Waals surface area contributed by atoms with Gasteiger partial charge in [-0.15, -0.1) is 0 Å². The molecule has 8 heteroatoms. The third-order valence-electron chi connectivity index (χ3n) is 4.13. The summed E-state index contributed by atoms with van der Waals surface area (Å²) in [4.78, 5) is 14.5. The van der Waals surface area contributed by atoms with Crippen molar-refractivity contribution in [3.63, 3.8) is 0 Å². The summed E-state index contributed by atoms with van der Waals surface area (Å²) in [6.45, 7) is 2.66. The van der Waals surface area contributed by atoms with E-state index in [1.165, 1.54) is 12.1 Å². The summed E-state index contributed by atoms with van der Waals surface area (Å²) in [5.74, 6) is -0.0756. The molecule has 7 nitrogen and oxygen atoms in total. The molecule has 1 aromatic carbocycles. The maximum atomic E-state index is 12.3. The Balaban J connectivity index is 1.85. The third kappa shape index (κ3) is 5.30. The third-order valence-corrected chi connectivity index (χ3v) is 5.06. The van der Waals surface area contributed by atoms with Gasteiger partial charge in [-0.1, -0.05) is 12.1 Å². The lowest BCUT2D eigenvalue weighted by atomic mass is 9.97. The van der Waals surface area contributed by atoms with Crippen molar-refractivity contribution in [3.8, 4) is 6.07 Å². The summed E-state index contributed by atoms with van der Waals surface area (Å²) in [6.07, 6.45) is 2.27. The van der Waals surface area contributed by atoms with Crippen LogP contribution in [0.5, 0.6) is 0 Å². The SMILES string of the molecule is N#CCCN1CCCC(C(=O)NCc2ccc(S(N)(=O)=O)cc2)C1. The van der Waals surface area contributed by atoms with Gasteiger partial charge in [0, 0.05) is 26.1 Å². The lowest BCUT2D eigenvalue weighted by Crippen LogP contribution is -2.43. The molecule has 0 radical (unpaired) electrons. The summed E-state index contributed by atoms with van der Waals surface area (Å²) in [5.41, 5.74) is 0.813. The number of primary sulfonamides is 1. The smallest absolute Gasteiger partial charge is 0.238 e. The Morgan fingerprint density at radius 3 is 2.71 bits per heavy atom. The molecule has 1 aromatic rings. The van der Waals surface area contributed by atoms with E-state index in [9.17, 15) is 13.2 Å². The van der Waals surface area contributed by atoms with Gasteiger partial charge in [0.2, 0.25) is 15.9 Å². The molecular formula is C16H22N4O3S. The molecule has 1 aliphatic heterocycles. The highest BCUT2D eigenvalue weighted by atomic mass is 32.2. The fraction of sp³-hybridized carbons (Fsp3) is 0.500. The molecule has 1 atom stereocenters. The predicted molar refractivity (Wildman–Crippen MR) is 89.1 cm³/mol. The zero-order valence-electron chi connectivity index (χ0n) is 13.4. The highest BCUT2D eigenvalue weighted by Crippen LogP contribution is 2.17. The van der Waals surface area contributed by atoms with E-state index in [1.54, 1.807) is 12.1 Å². The van der Waals surface area contributed by atoms with E-state index in [1.807, 2.05) is 0 Å². The summed E-state index contributed by atoms with van der Waals surface area (Å²) in [6, 6.07) is 8.27. The molecule has 1 heterocycles. The maximum Gasteiger partial charge on any atom is 0.238 e. The van der Waals surface area contributed by atoms with Crippen LogP contribution < -0.4 is 10.5 Å². The number of carbonyl (C=O) groups is 1. The first-order chi connectivity index (χ1) is 11.4. The number of nitrogens with one attached hydrogen (secondary N) is 1. The number of carbonyl (C=O) groups excluding carboxylic acids is 1. The number of hydrogen-bond acceptors (Lipinski definition) is 5. The Kier molecular flexibility index (Phi) is 6.31. The van der Waals surface area contributed by atoms with E-state index < -0.39 is 10.0 Å². The summed E-state index contributed by atoms with van der Waals surface area (Å²) >= 11 is 0. The molecule has 0 bridgehead atoms. The standard InChI is InChI=1S/C16H22N4O3S/c17-8-2-10-20-9-1-3-14(12-20)16(21)19-11-13-4-6-15(7-5-13)24(18,22)23/h4-7,14H,1-3,9-12H2,(H,19,21)(H2,18,22,23). The van der Waals surface area contributed by atoms with Gasteiger partial charge in [0.25, 0.3) is 0 Å². The fourth-order valence-electron chi connectivity index (χ4n) is 2.81. The van der Waals surface area contributed by atoms with Crippen molar-refractivity contribution in [2.45, 2.75) is 30.7 Å². The van der Waals surface area contributed by atoms with E-state index in [0.717, 1.165) is 24.9 Å². The summed E-state index contributed by atoms with van der Waals surface area (Å²) < 4.78 is 22.4. The first kappa shape index (κ1) is 18.4. The molecule has 1 aliphatic rings. The lowest BCUT2D eigenvalue weighted by molar-refractivity contribution is -0.126. The van der Waals surface area contributed by atoms with Crippen molar-refractivity contribution in [3.05, 3.63) is 29.8 Å². The quantitative estimate of drug-likeness (QED) is 0.778. The van der Waals surface area contributed by atoms with Crippen molar-refractivity contribution in [2.75, 3.05) is 19.6 Å². The molecule has 3 N–H and O–H groups in total. The van der Waals surface area contributed by atoms with Gasteiger partial charge in [-0.3, -0.25) is 4.79 Å². The summed E-state index contributed by atoms with van der Waals surface area (Å²) in [7, 11) is -3.70. The van der Waals surface area contributed by atoms with Crippen LogP contribution in [0.15, 0.2) is 29.2 Å². The zero-order chi connectivity index (χ0) is 17.6. The van der Waals surface area contributed by atoms with Crippen LogP contribution in [-0.4, -0.2) is 38.9 Å². The number of nitrogens with zero attached hydrogens (tertiary/aromatic N) is 2. The van der Waals surface area contributed by atoms with Crippen LogP contribution >= 0.6 is 0 Å². The molecule has 1 unspecified atom stereocenters. The number of likely N-dealkylation sites (tertiary alicyclic amines) is 1. The van der Waals surface area contributed by atoms with Crippen LogP contribution in [0.2, 0.25) is 0 Å². The zero-order valence-corrected chi connectivity index (χ0v) is 14.3. The van der Waals surface area contributed by atoms with Gasteiger partial charge in [0.1, 0.15) is 0 Å². The molecule has 1 amide bonds. The van der Waals surface area contributed by atoms with Crippen LogP contribution in [0, 0.1) is 17.2 Å². The van der Waals surface area contributed by atoms with Gasteiger partial charge < -0.3 is 10.2 Å². The van der Waals surface area contributed by atoms with Gasteiger partial charge in [-0.05, 0) is 37.1 Å². The first-order valence-electron chi connectivity index (χ1n) is 7.89. The number of sulfonamides is 1.